The predicted octanol–water partition coefficient (Wildman–Crippen LogP) is 2.69. The van der Waals surface area contributed by atoms with Crippen LogP contribution < -0.4 is 11.1 Å². The molecule has 1 N–H and O–H groups in total. The molecule has 0 saturated carbocycles. The summed E-state index contributed by atoms with van der Waals surface area (Å²) in [4.78, 5) is 27.9. The Balaban J connectivity index is 1.42. The molecule has 0 atom stereocenters. The summed E-state index contributed by atoms with van der Waals surface area (Å²) in [6.07, 6.45) is 0.224. The highest BCUT2D eigenvalue weighted by Gasteiger charge is 2.13. The third-order valence-corrected chi connectivity index (χ3v) is 4.49. The Morgan fingerprint density at radius 2 is 2.00 bits per heavy atom. The third kappa shape index (κ3) is 3.67. The first-order valence-electron chi connectivity index (χ1n) is 8.43. The minimum Gasteiger partial charge on any atom is -0.408 e. The number of nitrogens with one attached hydrogen (secondary N) is 1. The first-order chi connectivity index (χ1) is 13.5. The molecule has 142 valence electrons. The SMILES string of the molecule is Cn1c(=O)oc2cc(-c3noc(CNC(=O)Cc4ccc(Cl)cc4)n3)ccc21. The number of hydrogen-bond donors (Lipinski definition) is 1. The number of rotatable bonds is 5. The molecular formula is C19H15ClN4O4. The van der Waals surface area contributed by atoms with E-state index in [1.165, 1.54) is 4.57 Å². The molecule has 0 bridgehead atoms. The maximum Gasteiger partial charge on any atom is 0.419 e. The number of oxazole rings is 1. The first-order valence-corrected chi connectivity index (χ1v) is 8.81. The zero-order valence-corrected chi connectivity index (χ0v) is 15.6. The van der Waals surface area contributed by atoms with Crippen molar-refractivity contribution in [3.8, 4) is 11.4 Å². The number of carbonyl (C=O) groups is 1. The van der Waals surface area contributed by atoms with Crippen LogP contribution in [0.25, 0.3) is 22.5 Å². The van der Waals surface area contributed by atoms with E-state index in [0.717, 1.165) is 5.56 Å². The van der Waals surface area contributed by atoms with Crippen molar-refractivity contribution >= 4 is 28.6 Å². The lowest BCUT2D eigenvalue weighted by Gasteiger charge is -2.02. The summed E-state index contributed by atoms with van der Waals surface area (Å²) < 4.78 is 11.8. The molecule has 0 unspecified atom stereocenters. The van der Waals surface area contributed by atoms with Gasteiger partial charge in [0, 0.05) is 17.6 Å². The fourth-order valence-corrected chi connectivity index (χ4v) is 2.87. The fourth-order valence-electron chi connectivity index (χ4n) is 2.74. The molecule has 0 saturated heterocycles. The van der Waals surface area contributed by atoms with Crippen LogP contribution in [0.1, 0.15) is 11.5 Å². The Labute approximate surface area is 163 Å². The molecular weight excluding hydrogens is 384 g/mol. The largest absolute Gasteiger partial charge is 0.419 e. The van der Waals surface area contributed by atoms with Crippen LogP contribution in [0.2, 0.25) is 5.02 Å². The van der Waals surface area contributed by atoms with Crippen LogP contribution in [0.15, 0.2) is 56.2 Å². The van der Waals surface area contributed by atoms with Gasteiger partial charge < -0.3 is 14.3 Å². The number of aryl methyl sites for hydroxylation is 1. The molecule has 8 nitrogen and oxygen atoms in total. The summed E-state index contributed by atoms with van der Waals surface area (Å²) >= 11 is 5.83. The Kier molecular flexibility index (Phi) is 4.70. The van der Waals surface area contributed by atoms with Gasteiger partial charge in [0.05, 0.1) is 18.5 Å². The monoisotopic (exact) mass is 398 g/mol. The minimum atomic E-state index is -0.440. The Morgan fingerprint density at radius 3 is 2.79 bits per heavy atom. The van der Waals surface area contributed by atoms with E-state index in [1.807, 2.05) is 0 Å². The zero-order chi connectivity index (χ0) is 19.7. The van der Waals surface area contributed by atoms with E-state index < -0.39 is 5.76 Å². The van der Waals surface area contributed by atoms with Crippen molar-refractivity contribution in [3.05, 3.63) is 69.5 Å². The van der Waals surface area contributed by atoms with Gasteiger partial charge in [-0.1, -0.05) is 28.9 Å². The van der Waals surface area contributed by atoms with Crippen molar-refractivity contribution < 1.29 is 13.7 Å². The quantitative estimate of drug-likeness (QED) is 0.554. The average Bonchev–Trinajstić information content (AvgIpc) is 3.27. The fraction of sp³-hybridized carbons (Fsp3) is 0.158. The Hall–Kier alpha value is -3.39. The molecule has 4 aromatic rings. The van der Waals surface area contributed by atoms with Crippen LogP contribution in [0.3, 0.4) is 0 Å². The van der Waals surface area contributed by atoms with E-state index in [4.69, 9.17) is 20.5 Å². The van der Waals surface area contributed by atoms with Crippen LogP contribution in [0, 0.1) is 0 Å². The molecule has 28 heavy (non-hydrogen) atoms. The lowest BCUT2D eigenvalue weighted by molar-refractivity contribution is -0.120. The van der Waals surface area contributed by atoms with E-state index in [1.54, 1.807) is 49.5 Å². The summed E-state index contributed by atoms with van der Waals surface area (Å²) in [5, 5.41) is 7.27. The van der Waals surface area contributed by atoms with E-state index >= 15 is 0 Å². The van der Waals surface area contributed by atoms with Crippen molar-refractivity contribution in [2.45, 2.75) is 13.0 Å². The molecule has 0 fully saturated rings. The molecule has 0 aliphatic rings. The van der Waals surface area contributed by atoms with Gasteiger partial charge in [-0.25, -0.2) is 4.79 Å². The highest BCUT2D eigenvalue weighted by molar-refractivity contribution is 6.30. The van der Waals surface area contributed by atoms with Gasteiger partial charge in [0.15, 0.2) is 5.58 Å². The molecule has 4 rings (SSSR count). The average molecular weight is 399 g/mol. The maximum atomic E-state index is 12.0. The van der Waals surface area contributed by atoms with Crippen LogP contribution in [-0.2, 0) is 24.8 Å². The standard InChI is InChI=1S/C19H15ClN4O4/c1-24-14-7-4-12(9-15(14)27-19(24)26)18-22-17(28-23-18)10-21-16(25)8-11-2-5-13(20)6-3-11/h2-7,9H,8,10H2,1H3,(H,21,25). The van der Waals surface area contributed by atoms with E-state index in [0.29, 0.717) is 27.5 Å². The van der Waals surface area contributed by atoms with Gasteiger partial charge in [-0.15, -0.1) is 0 Å². The van der Waals surface area contributed by atoms with Gasteiger partial charge in [0.2, 0.25) is 17.6 Å². The Bertz CT molecular complexity index is 1210. The molecule has 2 aromatic carbocycles. The van der Waals surface area contributed by atoms with Gasteiger partial charge in [0.25, 0.3) is 0 Å². The predicted molar refractivity (Wildman–Crippen MR) is 102 cm³/mol. The van der Waals surface area contributed by atoms with Gasteiger partial charge in [-0.05, 0) is 35.9 Å². The second kappa shape index (κ2) is 7.32. The zero-order valence-electron chi connectivity index (χ0n) is 14.8. The van der Waals surface area contributed by atoms with Gasteiger partial charge in [0.1, 0.15) is 0 Å². The lowest BCUT2D eigenvalue weighted by Crippen LogP contribution is -2.24. The normalized spacial score (nSPS) is 11.1. The number of amides is 1. The summed E-state index contributed by atoms with van der Waals surface area (Å²) in [7, 11) is 1.63. The van der Waals surface area contributed by atoms with Crippen LogP contribution in [0.5, 0.6) is 0 Å². The van der Waals surface area contributed by atoms with Gasteiger partial charge in [-0.2, -0.15) is 4.98 Å². The second-order valence-electron chi connectivity index (χ2n) is 6.20. The lowest BCUT2D eigenvalue weighted by atomic mass is 10.1. The molecule has 9 heteroatoms. The van der Waals surface area contributed by atoms with Crippen molar-refractivity contribution in [2.75, 3.05) is 0 Å². The van der Waals surface area contributed by atoms with E-state index in [-0.39, 0.29) is 24.8 Å². The second-order valence-corrected chi connectivity index (χ2v) is 6.64. The maximum absolute atomic E-state index is 12.0. The molecule has 1 amide bonds. The number of aromatic nitrogens is 3. The smallest absolute Gasteiger partial charge is 0.408 e. The van der Waals surface area contributed by atoms with Crippen LogP contribution in [-0.4, -0.2) is 20.6 Å². The van der Waals surface area contributed by atoms with Crippen LogP contribution >= 0.6 is 11.6 Å². The molecule has 0 radical (unpaired) electrons. The molecule has 0 aliphatic carbocycles. The summed E-state index contributed by atoms with van der Waals surface area (Å²) in [5.74, 6) is 0.00308. The van der Waals surface area contributed by atoms with Crippen LogP contribution in [0.4, 0.5) is 0 Å². The van der Waals surface area contributed by atoms with Crippen molar-refractivity contribution in [2.24, 2.45) is 7.05 Å². The third-order valence-electron chi connectivity index (χ3n) is 4.23. The summed E-state index contributed by atoms with van der Waals surface area (Å²) in [6.45, 7) is 0.113. The molecule has 0 aliphatic heterocycles. The minimum absolute atomic E-state index is 0.113. The topological polar surface area (TPSA) is 103 Å². The number of benzene rings is 2. The van der Waals surface area contributed by atoms with Gasteiger partial charge >= 0.3 is 5.76 Å². The van der Waals surface area contributed by atoms with E-state index in [9.17, 15) is 9.59 Å². The van der Waals surface area contributed by atoms with Gasteiger partial charge in [-0.3, -0.25) is 9.36 Å². The molecule has 2 aromatic heterocycles. The number of fused-ring (bicyclic) bond motifs is 1. The van der Waals surface area contributed by atoms with Crippen molar-refractivity contribution in [3.63, 3.8) is 0 Å². The number of halogens is 1. The summed E-state index contributed by atoms with van der Waals surface area (Å²) in [5.41, 5.74) is 2.61. The van der Waals surface area contributed by atoms with E-state index in [2.05, 4.69) is 15.5 Å². The molecule has 0 spiro atoms. The highest BCUT2D eigenvalue weighted by Crippen LogP contribution is 2.21. The van der Waals surface area contributed by atoms with Crippen molar-refractivity contribution in [1.29, 1.82) is 0 Å². The number of hydrogen-bond acceptors (Lipinski definition) is 6. The summed E-state index contributed by atoms with van der Waals surface area (Å²) in [6, 6.07) is 12.3. The Morgan fingerprint density at radius 1 is 1.21 bits per heavy atom. The number of carbonyl (C=O) groups excluding carboxylic acids is 1. The first kappa shape index (κ1) is 18.0. The number of nitrogens with zero attached hydrogens (tertiary/aromatic N) is 3. The van der Waals surface area contributed by atoms with Crippen molar-refractivity contribution in [1.82, 2.24) is 20.0 Å². The highest BCUT2D eigenvalue weighted by atomic mass is 35.5. The molecule has 2 heterocycles.